The molecule has 6 nitrogen and oxygen atoms in total. The van der Waals surface area contributed by atoms with Gasteiger partial charge in [-0.15, -0.1) is 0 Å². The molecule has 6 heteroatoms. The minimum absolute atomic E-state index is 0.0512. The molecule has 0 spiro atoms. The minimum Gasteiger partial charge on any atom is -0.465 e. The molecular weight excluding hydrogens is 312 g/mol. The van der Waals surface area contributed by atoms with Crippen LogP contribution < -0.4 is 0 Å². The quantitative estimate of drug-likeness (QED) is 0.220. The maximum atomic E-state index is 12.4. The summed E-state index contributed by atoms with van der Waals surface area (Å²) in [7, 11) is 0. The fourth-order valence-corrected chi connectivity index (χ4v) is 2.49. The van der Waals surface area contributed by atoms with Gasteiger partial charge < -0.3 is 14.2 Å². The second kappa shape index (κ2) is 12.8. The zero-order valence-electron chi connectivity index (χ0n) is 15.5. The fraction of sp³-hybridized carbons (Fsp3) is 0.833. The van der Waals surface area contributed by atoms with Crippen LogP contribution >= 0.6 is 0 Å². The van der Waals surface area contributed by atoms with E-state index in [-0.39, 0.29) is 26.2 Å². The number of unbranched alkanes of at least 4 members (excludes halogenated alkanes) is 5. The lowest BCUT2D eigenvalue weighted by Gasteiger charge is -2.27. The molecule has 0 saturated heterocycles. The molecule has 0 aliphatic carbocycles. The number of hydrogen-bond donors (Lipinski definition) is 0. The molecule has 0 aliphatic heterocycles. The van der Waals surface area contributed by atoms with Crippen LogP contribution in [0.25, 0.3) is 0 Å². The van der Waals surface area contributed by atoms with Gasteiger partial charge in [-0.2, -0.15) is 0 Å². The third kappa shape index (κ3) is 6.49. The van der Waals surface area contributed by atoms with Crippen molar-refractivity contribution in [1.82, 2.24) is 0 Å². The highest BCUT2D eigenvalue weighted by Crippen LogP contribution is 2.31. The smallest absolute Gasteiger partial charge is 0.335 e. The molecule has 0 saturated carbocycles. The molecule has 0 aromatic rings. The van der Waals surface area contributed by atoms with Crippen molar-refractivity contribution < 1.29 is 28.6 Å². The van der Waals surface area contributed by atoms with E-state index >= 15 is 0 Å². The monoisotopic (exact) mass is 344 g/mol. The molecule has 0 amide bonds. The highest BCUT2D eigenvalue weighted by atomic mass is 16.6. The van der Waals surface area contributed by atoms with Gasteiger partial charge in [0, 0.05) is 0 Å². The summed E-state index contributed by atoms with van der Waals surface area (Å²) in [6, 6.07) is 0. The van der Waals surface area contributed by atoms with E-state index in [9.17, 15) is 14.4 Å². The Morgan fingerprint density at radius 2 is 1.00 bits per heavy atom. The summed E-state index contributed by atoms with van der Waals surface area (Å²) in [6.07, 6.45) is 5.83. The summed E-state index contributed by atoms with van der Waals surface area (Å²) in [5.74, 6) is -2.64. The zero-order chi connectivity index (χ0) is 18.4. The normalized spacial score (nSPS) is 11.0. The fourth-order valence-electron chi connectivity index (χ4n) is 2.49. The number of carbonyl (C=O) groups excluding carboxylic acids is 3. The van der Waals surface area contributed by atoms with E-state index < -0.39 is 23.3 Å². The lowest BCUT2D eigenvalue weighted by Crippen LogP contribution is -2.49. The molecule has 140 valence electrons. The van der Waals surface area contributed by atoms with E-state index in [1.54, 1.807) is 20.8 Å². The lowest BCUT2D eigenvalue weighted by molar-refractivity contribution is -0.184. The minimum atomic E-state index is -2.01. The summed E-state index contributed by atoms with van der Waals surface area (Å²) in [5, 5.41) is 0. The molecular formula is C18H32O6. The first kappa shape index (κ1) is 22.4. The van der Waals surface area contributed by atoms with Crippen molar-refractivity contribution in [3.05, 3.63) is 0 Å². The Balaban J connectivity index is 5.21. The second-order valence-corrected chi connectivity index (χ2v) is 5.58. The third-order valence-electron chi connectivity index (χ3n) is 3.78. The van der Waals surface area contributed by atoms with Crippen LogP contribution in [0.15, 0.2) is 0 Å². The van der Waals surface area contributed by atoms with Crippen molar-refractivity contribution in [1.29, 1.82) is 0 Å². The molecule has 0 aromatic heterocycles. The van der Waals surface area contributed by atoms with Gasteiger partial charge in [0.15, 0.2) is 0 Å². The Morgan fingerprint density at radius 1 is 0.625 bits per heavy atom. The average Bonchev–Trinajstić information content (AvgIpc) is 2.55. The molecule has 0 radical (unpaired) electrons. The van der Waals surface area contributed by atoms with Crippen LogP contribution in [0.1, 0.15) is 72.6 Å². The van der Waals surface area contributed by atoms with E-state index in [0.29, 0.717) is 6.42 Å². The van der Waals surface area contributed by atoms with Crippen molar-refractivity contribution in [3.63, 3.8) is 0 Å². The van der Waals surface area contributed by atoms with Crippen LogP contribution in [-0.2, 0) is 28.6 Å². The lowest BCUT2D eigenvalue weighted by atomic mass is 9.82. The van der Waals surface area contributed by atoms with E-state index in [0.717, 1.165) is 32.1 Å². The van der Waals surface area contributed by atoms with Gasteiger partial charge in [0.2, 0.25) is 0 Å². The summed E-state index contributed by atoms with van der Waals surface area (Å²) in [4.78, 5) is 37.3. The van der Waals surface area contributed by atoms with Crippen molar-refractivity contribution in [2.24, 2.45) is 5.41 Å². The molecule has 0 rings (SSSR count). The first-order valence-electron chi connectivity index (χ1n) is 9.02. The topological polar surface area (TPSA) is 78.9 Å². The van der Waals surface area contributed by atoms with Gasteiger partial charge in [-0.1, -0.05) is 45.4 Å². The number of carbonyl (C=O) groups is 3. The van der Waals surface area contributed by atoms with E-state index in [1.165, 1.54) is 0 Å². The maximum absolute atomic E-state index is 12.4. The van der Waals surface area contributed by atoms with Gasteiger partial charge >= 0.3 is 17.9 Å². The summed E-state index contributed by atoms with van der Waals surface area (Å²) >= 11 is 0. The Hall–Kier alpha value is -1.59. The van der Waals surface area contributed by atoms with Crippen LogP contribution in [-0.4, -0.2) is 37.7 Å². The van der Waals surface area contributed by atoms with Gasteiger partial charge in [-0.3, -0.25) is 14.4 Å². The van der Waals surface area contributed by atoms with Crippen molar-refractivity contribution in [2.45, 2.75) is 72.6 Å². The van der Waals surface area contributed by atoms with Gasteiger partial charge in [0.1, 0.15) is 0 Å². The number of rotatable bonds is 13. The molecule has 0 fully saturated rings. The Kier molecular flexibility index (Phi) is 11.9. The van der Waals surface area contributed by atoms with Crippen molar-refractivity contribution in [2.75, 3.05) is 19.8 Å². The van der Waals surface area contributed by atoms with Gasteiger partial charge in [0.25, 0.3) is 5.41 Å². The molecule has 0 bridgehead atoms. The van der Waals surface area contributed by atoms with Crippen LogP contribution in [0.4, 0.5) is 0 Å². The van der Waals surface area contributed by atoms with Crippen LogP contribution in [0, 0.1) is 5.41 Å². The van der Waals surface area contributed by atoms with Crippen LogP contribution in [0.3, 0.4) is 0 Å². The van der Waals surface area contributed by atoms with E-state index in [4.69, 9.17) is 14.2 Å². The maximum Gasteiger partial charge on any atom is 0.335 e. The highest BCUT2D eigenvalue weighted by Gasteiger charge is 2.56. The third-order valence-corrected chi connectivity index (χ3v) is 3.78. The Morgan fingerprint density at radius 3 is 1.38 bits per heavy atom. The van der Waals surface area contributed by atoms with Gasteiger partial charge in [-0.05, 0) is 27.2 Å². The van der Waals surface area contributed by atoms with E-state index in [1.807, 2.05) is 0 Å². The van der Waals surface area contributed by atoms with Crippen molar-refractivity contribution >= 4 is 17.9 Å². The molecule has 0 aromatic carbocycles. The summed E-state index contributed by atoms with van der Waals surface area (Å²) < 4.78 is 15.0. The SMILES string of the molecule is CCCCCCCCC(C(=O)OCC)(C(=O)OCC)C(=O)OCC. The van der Waals surface area contributed by atoms with Crippen molar-refractivity contribution in [3.8, 4) is 0 Å². The molecule has 0 aliphatic rings. The first-order chi connectivity index (χ1) is 11.5. The molecule has 0 unspecified atom stereocenters. The largest absolute Gasteiger partial charge is 0.465 e. The second-order valence-electron chi connectivity index (χ2n) is 5.58. The molecule has 0 atom stereocenters. The van der Waals surface area contributed by atoms with Gasteiger partial charge in [0.05, 0.1) is 19.8 Å². The predicted octanol–water partition coefficient (Wildman–Crippen LogP) is 3.41. The van der Waals surface area contributed by atoms with E-state index in [2.05, 4.69) is 6.92 Å². The Bertz CT molecular complexity index is 345. The molecule has 24 heavy (non-hydrogen) atoms. The zero-order valence-corrected chi connectivity index (χ0v) is 15.5. The molecule has 0 N–H and O–H groups in total. The number of esters is 3. The predicted molar refractivity (Wildman–Crippen MR) is 90.3 cm³/mol. The highest BCUT2D eigenvalue weighted by molar-refractivity contribution is 6.17. The molecule has 0 heterocycles. The van der Waals surface area contributed by atoms with Gasteiger partial charge in [-0.25, -0.2) is 0 Å². The Labute approximate surface area is 145 Å². The standard InChI is InChI=1S/C18H32O6/c1-5-9-10-11-12-13-14-18(15(19)22-6-2,16(20)23-7-3)17(21)24-8-4/h5-14H2,1-4H3. The first-order valence-corrected chi connectivity index (χ1v) is 9.02. The average molecular weight is 344 g/mol. The van der Waals surface area contributed by atoms with Crippen LogP contribution in [0.2, 0.25) is 0 Å². The van der Waals surface area contributed by atoms with Crippen LogP contribution in [0.5, 0.6) is 0 Å². The summed E-state index contributed by atoms with van der Waals surface area (Å²) in [6.45, 7) is 7.26. The number of ether oxygens (including phenoxy) is 3. The number of hydrogen-bond acceptors (Lipinski definition) is 6. The summed E-state index contributed by atoms with van der Waals surface area (Å²) in [5.41, 5.74) is -2.01.